The first-order valence-electron chi connectivity index (χ1n) is 10.7. The summed E-state index contributed by atoms with van der Waals surface area (Å²) in [4.78, 5) is 15.0. The van der Waals surface area contributed by atoms with E-state index in [9.17, 15) is 18.0 Å². The summed E-state index contributed by atoms with van der Waals surface area (Å²) in [7, 11) is 1.55. The van der Waals surface area contributed by atoms with Gasteiger partial charge in [0.05, 0.1) is 29.2 Å². The molecule has 0 aliphatic carbocycles. The molecule has 1 aliphatic heterocycles. The molecule has 1 aliphatic rings. The number of carboxylic acid groups (broad SMARTS) is 1. The van der Waals surface area contributed by atoms with Gasteiger partial charge in [-0.05, 0) is 48.7 Å². The Balaban J connectivity index is 1.87. The third kappa shape index (κ3) is 5.99. The maximum atomic E-state index is 13.4. The quantitative estimate of drug-likeness (QED) is 0.516. The Morgan fingerprint density at radius 2 is 1.97 bits per heavy atom. The molecule has 1 unspecified atom stereocenters. The molecule has 2 aromatic carbocycles. The predicted molar refractivity (Wildman–Crippen MR) is 122 cm³/mol. The Morgan fingerprint density at radius 1 is 1.27 bits per heavy atom. The van der Waals surface area contributed by atoms with Gasteiger partial charge in [-0.25, -0.2) is 0 Å². The van der Waals surface area contributed by atoms with Crippen molar-refractivity contribution in [2.24, 2.45) is 5.92 Å². The van der Waals surface area contributed by atoms with E-state index in [0.717, 1.165) is 22.8 Å². The fourth-order valence-electron chi connectivity index (χ4n) is 4.04. The van der Waals surface area contributed by atoms with Crippen molar-refractivity contribution in [3.8, 4) is 0 Å². The summed E-state index contributed by atoms with van der Waals surface area (Å²) in [6, 6.07) is 9.72. The number of aryl methyl sites for hydroxylation is 1. The van der Waals surface area contributed by atoms with E-state index in [1.54, 1.807) is 13.2 Å². The van der Waals surface area contributed by atoms with Crippen LogP contribution in [0.5, 0.6) is 0 Å². The molecule has 1 atom stereocenters. The number of nitrogens with zero attached hydrogens (tertiary/aromatic N) is 2. The number of ether oxygens (including phenoxy) is 1. The van der Waals surface area contributed by atoms with Gasteiger partial charge < -0.3 is 14.7 Å². The van der Waals surface area contributed by atoms with E-state index in [4.69, 9.17) is 21.4 Å². The second kappa shape index (κ2) is 10.3. The number of halogens is 4. The third-order valence-corrected chi connectivity index (χ3v) is 6.48. The van der Waals surface area contributed by atoms with Gasteiger partial charge in [-0.1, -0.05) is 29.8 Å². The van der Waals surface area contributed by atoms with Gasteiger partial charge in [0, 0.05) is 39.0 Å². The Hall–Kier alpha value is -2.29. The van der Waals surface area contributed by atoms with Crippen LogP contribution >= 0.6 is 11.6 Å². The summed E-state index contributed by atoms with van der Waals surface area (Å²) in [5, 5.41) is 8.76. The van der Waals surface area contributed by atoms with Crippen molar-refractivity contribution in [3.05, 3.63) is 63.7 Å². The smallest absolute Gasteiger partial charge is 0.417 e. The van der Waals surface area contributed by atoms with Crippen molar-refractivity contribution in [2.75, 3.05) is 38.3 Å². The summed E-state index contributed by atoms with van der Waals surface area (Å²) in [6.07, 6.45) is -4.55. The minimum absolute atomic E-state index is 0.232. The maximum absolute atomic E-state index is 13.4. The first-order valence-corrected chi connectivity index (χ1v) is 11.1. The number of hydrogen-bond donors (Lipinski definition) is 1. The molecule has 0 saturated carbocycles. The average molecular weight is 485 g/mol. The molecule has 9 heteroatoms. The number of methoxy groups -OCH3 is 1. The molecule has 0 radical (unpaired) electrons. The van der Waals surface area contributed by atoms with Crippen molar-refractivity contribution in [1.29, 1.82) is 0 Å². The van der Waals surface area contributed by atoms with Crippen LogP contribution in [0.4, 0.5) is 18.9 Å². The highest BCUT2D eigenvalue weighted by molar-refractivity contribution is 6.31. The molecule has 2 aromatic rings. The van der Waals surface area contributed by atoms with Crippen molar-refractivity contribution in [3.63, 3.8) is 0 Å². The molecular formula is C24H28ClF3N2O3. The van der Waals surface area contributed by atoms with Gasteiger partial charge in [-0.2, -0.15) is 13.2 Å². The van der Waals surface area contributed by atoms with E-state index in [0.29, 0.717) is 38.5 Å². The van der Waals surface area contributed by atoms with Gasteiger partial charge in [0.2, 0.25) is 0 Å². The van der Waals surface area contributed by atoms with Gasteiger partial charge in [-0.3, -0.25) is 9.69 Å². The molecule has 180 valence electrons. The lowest BCUT2D eigenvalue weighted by atomic mass is 9.96. The summed E-state index contributed by atoms with van der Waals surface area (Å²) in [5.74, 6) is -1.11. The molecule has 33 heavy (non-hydrogen) atoms. The highest BCUT2D eigenvalue weighted by atomic mass is 35.5. The fraction of sp³-hybridized carbons (Fsp3) is 0.458. The van der Waals surface area contributed by atoms with Crippen LogP contribution in [0.1, 0.15) is 35.2 Å². The van der Waals surface area contributed by atoms with Crippen molar-refractivity contribution in [1.82, 2.24) is 4.90 Å². The first-order chi connectivity index (χ1) is 15.5. The molecule has 1 heterocycles. The van der Waals surface area contributed by atoms with Crippen LogP contribution in [-0.2, 0) is 22.3 Å². The monoisotopic (exact) mass is 484 g/mol. The Kier molecular flexibility index (Phi) is 7.92. The summed E-state index contributed by atoms with van der Waals surface area (Å²) < 4.78 is 45.5. The average Bonchev–Trinajstić information content (AvgIpc) is 2.71. The number of hydrogen-bond acceptors (Lipinski definition) is 4. The summed E-state index contributed by atoms with van der Waals surface area (Å²) in [6.45, 7) is 6.34. The second-order valence-electron chi connectivity index (χ2n) is 8.44. The van der Waals surface area contributed by atoms with Crippen LogP contribution in [0.15, 0.2) is 36.4 Å². The molecule has 0 aromatic heterocycles. The third-order valence-electron chi connectivity index (χ3n) is 6.15. The number of carboxylic acids is 1. The van der Waals surface area contributed by atoms with E-state index in [2.05, 4.69) is 11.0 Å². The number of rotatable bonds is 9. The number of aliphatic carboxylic acids is 1. The molecule has 0 spiro atoms. The van der Waals surface area contributed by atoms with Crippen LogP contribution in [0.25, 0.3) is 0 Å². The number of benzene rings is 2. The SMILES string of the molecule is COCCN(c1ccc(Cl)c(C(F)(F)F)c1)C(C)c1ccc(C)c(CN2CC(C(=O)O)C2)c1. The molecule has 1 fully saturated rings. The van der Waals surface area contributed by atoms with Crippen LogP contribution < -0.4 is 4.90 Å². The first kappa shape index (κ1) is 25.3. The summed E-state index contributed by atoms with van der Waals surface area (Å²) in [5.41, 5.74) is 2.64. The fourth-order valence-corrected chi connectivity index (χ4v) is 4.27. The Morgan fingerprint density at radius 3 is 2.58 bits per heavy atom. The predicted octanol–water partition coefficient (Wildman–Crippen LogP) is 5.40. The topological polar surface area (TPSA) is 53.0 Å². The maximum Gasteiger partial charge on any atom is 0.417 e. The minimum Gasteiger partial charge on any atom is -0.481 e. The van der Waals surface area contributed by atoms with E-state index >= 15 is 0 Å². The summed E-state index contributed by atoms with van der Waals surface area (Å²) >= 11 is 5.82. The Bertz CT molecular complexity index is 993. The van der Waals surface area contributed by atoms with E-state index < -0.39 is 17.7 Å². The molecule has 1 N–H and O–H groups in total. The lowest BCUT2D eigenvalue weighted by Gasteiger charge is -2.37. The van der Waals surface area contributed by atoms with E-state index in [1.165, 1.54) is 6.07 Å². The number of alkyl halides is 3. The van der Waals surface area contributed by atoms with Gasteiger partial charge in [0.1, 0.15) is 0 Å². The van der Waals surface area contributed by atoms with E-state index in [1.807, 2.05) is 30.9 Å². The zero-order valence-corrected chi connectivity index (χ0v) is 19.6. The zero-order valence-electron chi connectivity index (χ0n) is 18.8. The molecular weight excluding hydrogens is 457 g/mol. The lowest BCUT2D eigenvalue weighted by molar-refractivity contribution is -0.147. The van der Waals surface area contributed by atoms with Crippen LogP contribution in [-0.4, -0.2) is 49.3 Å². The highest BCUT2D eigenvalue weighted by Crippen LogP contribution is 2.38. The molecule has 1 saturated heterocycles. The largest absolute Gasteiger partial charge is 0.481 e. The van der Waals surface area contributed by atoms with Gasteiger partial charge in [0.25, 0.3) is 0 Å². The van der Waals surface area contributed by atoms with Crippen molar-refractivity contribution in [2.45, 2.75) is 32.6 Å². The highest BCUT2D eigenvalue weighted by Gasteiger charge is 2.34. The van der Waals surface area contributed by atoms with Gasteiger partial charge in [0.15, 0.2) is 0 Å². The number of likely N-dealkylation sites (tertiary alicyclic amines) is 1. The van der Waals surface area contributed by atoms with Crippen molar-refractivity contribution < 1.29 is 27.8 Å². The second-order valence-corrected chi connectivity index (χ2v) is 8.85. The lowest BCUT2D eigenvalue weighted by Crippen LogP contribution is -2.49. The van der Waals surface area contributed by atoms with E-state index in [-0.39, 0.29) is 17.0 Å². The molecule has 0 bridgehead atoms. The van der Waals surface area contributed by atoms with Crippen molar-refractivity contribution >= 4 is 23.3 Å². The van der Waals surface area contributed by atoms with Gasteiger partial charge >= 0.3 is 12.1 Å². The van der Waals surface area contributed by atoms with Crippen LogP contribution in [0, 0.1) is 12.8 Å². The number of anilines is 1. The normalized spacial score (nSPS) is 15.8. The number of carbonyl (C=O) groups is 1. The van der Waals surface area contributed by atoms with Crippen LogP contribution in [0.2, 0.25) is 5.02 Å². The molecule has 0 amide bonds. The minimum atomic E-state index is -4.55. The zero-order chi connectivity index (χ0) is 24.3. The molecule has 3 rings (SSSR count). The Labute approximate surface area is 196 Å². The van der Waals surface area contributed by atoms with Gasteiger partial charge in [-0.15, -0.1) is 0 Å². The molecule has 5 nitrogen and oxygen atoms in total. The van der Waals surface area contributed by atoms with Crippen LogP contribution in [0.3, 0.4) is 0 Å². The standard InChI is InChI=1S/C24H28ClF3N2O3/c1-15-4-5-17(10-18(15)12-29-13-19(14-29)23(31)32)16(2)30(8-9-33-3)20-6-7-22(25)21(11-20)24(26,27)28/h4-7,10-11,16,19H,8-9,12-14H2,1-3H3,(H,31,32).